The molecule has 0 spiro atoms. The number of nitrogens with zero attached hydrogens (tertiary/aromatic N) is 7. The fourth-order valence-electron chi connectivity index (χ4n) is 6.64. The summed E-state index contributed by atoms with van der Waals surface area (Å²) in [6.07, 6.45) is 10.8. The van der Waals surface area contributed by atoms with Gasteiger partial charge in [0.25, 0.3) is 0 Å². The minimum atomic E-state index is -0.205. The van der Waals surface area contributed by atoms with E-state index in [0.29, 0.717) is 0 Å². The zero-order chi connectivity index (χ0) is 28.5. The number of piperidine rings is 1. The maximum absolute atomic E-state index is 14.0. The Labute approximate surface area is 246 Å². The molecule has 0 N–H and O–H groups in total. The highest BCUT2D eigenvalue weighted by molar-refractivity contribution is 5.68. The highest BCUT2D eigenvalue weighted by atomic mass is 19.1. The summed E-state index contributed by atoms with van der Waals surface area (Å²) in [6.45, 7) is 5.26. The van der Waals surface area contributed by atoms with Crippen LogP contribution in [0.4, 0.5) is 16.0 Å². The molecule has 2 fully saturated rings. The van der Waals surface area contributed by atoms with Crippen LogP contribution in [0.1, 0.15) is 57.1 Å². The van der Waals surface area contributed by atoms with Crippen LogP contribution < -0.4 is 9.80 Å². The van der Waals surface area contributed by atoms with Crippen molar-refractivity contribution in [3.63, 3.8) is 0 Å². The van der Waals surface area contributed by atoms with Gasteiger partial charge < -0.3 is 9.80 Å². The summed E-state index contributed by atoms with van der Waals surface area (Å²) in [7, 11) is 0. The van der Waals surface area contributed by atoms with Crippen molar-refractivity contribution in [3.8, 4) is 22.6 Å². The molecule has 5 aromatic rings. The SMILES string of the molecule is CCCC1CCN(c2cc(-c3cccc(-c4cnc5ccc(N6CCCC6c6cccc(F)c6)nn45)n3)ccn2)CC1. The molecule has 6 heterocycles. The van der Waals surface area contributed by atoms with Gasteiger partial charge in [0.2, 0.25) is 0 Å². The Hall–Kier alpha value is -4.33. The second kappa shape index (κ2) is 11.5. The molecule has 7 nitrogen and oxygen atoms in total. The van der Waals surface area contributed by atoms with Gasteiger partial charge in [-0.05, 0) is 85.7 Å². The summed E-state index contributed by atoms with van der Waals surface area (Å²) in [5, 5.41) is 5.02. The molecule has 1 aromatic carbocycles. The number of anilines is 2. The molecule has 0 radical (unpaired) electrons. The Morgan fingerprint density at radius 1 is 0.857 bits per heavy atom. The summed E-state index contributed by atoms with van der Waals surface area (Å²) < 4.78 is 15.9. The molecule has 1 atom stereocenters. The third-order valence-electron chi connectivity index (χ3n) is 8.82. The van der Waals surface area contributed by atoms with Crippen molar-refractivity contribution in [1.82, 2.24) is 24.6 Å². The monoisotopic (exact) mass is 561 g/mol. The van der Waals surface area contributed by atoms with Crippen molar-refractivity contribution in [2.24, 2.45) is 5.92 Å². The van der Waals surface area contributed by atoms with Gasteiger partial charge in [-0.15, -0.1) is 5.10 Å². The van der Waals surface area contributed by atoms with Crippen LogP contribution in [0, 0.1) is 11.7 Å². The molecule has 2 saturated heterocycles. The molecule has 214 valence electrons. The van der Waals surface area contributed by atoms with E-state index in [1.54, 1.807) is 12.1 Å². The van der Waals surface area contributed by atoms with Gasteiger partial charge >= 0.3 is 0 Å². The summed E-state index contributed by atoms with van der Waals surface area (Å²) in [5.41, 5.74) is 5.34. The first kappa shape index (κ1) is 26.6. The largest absolute Gasteiger partial charge is 0.357 e. The Morgan fingerprint density at radius 2 is 1.71 bits per heavy atom. The molecule has 0 saturated carbocycles. The van der Waals surface area contributed by atoms with Crippen molar-refractivity contribution in [2.45, 2.75) is 51.5 Å². The molecule has 2 aliphatic heterocycles. The molecular weight excluding hydrogens is 525 g/mol. The van der Waals surface area contributed by atoms with Crippen molar-refractivity contribution in [3.05, 3.63) is 90.5 Å². The van der Waals surface area contributed by atoms with Gasteiger partial charge in [0.05, 0.1) is 23.6 Å². The van der Waals surface area contributed by atoms with Gasteiger partial charge in [-0.2, -0.15) is 0 Å². The lowest BCUT2D eigenvalue weighted by Gasteiger charge is -2.32. The zero-order valence-electron chi connectivity index (χ0n) is 24.0. The number of aromatic nitrogens is 5. The van der Waals surface area contributed by atoms with Gasteiger partial charge in [0.15, 0.2) is 5.65 Å². The van der Waals surface area contributed by atoms with E-state index in [2.05, 4.69) is 27.8 Å². The maximum atomic E-state index is 14.0. The molecule has 0 amide bonds. The minimum Gasteiger partial charge on any atom is -0.357 e. The van der Waals surface area contributed by atoms with Crippen LogP contribution in [0.2, 0.25) is 0 Å². The van der Waals surface area contributed by atoms with Gasteiger partial charge in [-0.1, -0.05) is 38.0 Å². The molecule has 2 aliphatic rings. The Kier molecular flexibility index (Phi) is 7.28. The number of rotatable bonds is 7. The topological polar surface area (TPSA) is 62.5 Å². The van der Waals surface area contributed by atoms with E-state index in [9.17, 15) is 4.39 Å². The van der Waals surface area contributed by atoms with E-state index in [1.165, 1.54) is 31.7 Å². The minimum absolute atomic E-state index is 0.0948. The Morgan fingerprint density at radius 3 is 2.57 bits per heavy atom. The fraction of sp³-hybridized carbons (Fsp3) is 0.353. The van der Waals surface area contributed by atoms with Crippen LogP contribution in [0.25, 0.3) is 28.3 Å². The predicted molar refractivity (Wildman–Crippen MR) is 165 cm³/mol. The molecule has 0 aliphatic carbocycles. The number of halogens is 1. The van der Waals surface area contributed by atoms with E-state index >= 15 is 0 Å². The fourth-order valence-corrected chi connectivity index (χ4v) is 6.64. The predicted octanol–water partition coefficient (Wildman–Crippen LogP) is 7.35. The molecule has 8 heteroatoms. The summed E-state index contributed by atoms with van der Waals surface area (Å²) >= 11 is 0. The number of benzene rings is 1. The van der Waals surface area contributed by atoms with Gasteiger partial charge in [0, 0.05) is 31.4 Å². The van der Waals surface area contributed by atoms with Crippen molar-refractivity contribution in [2.75, 3.05) is 29.4 Å². The lowest BCUT2D eigenvalue weighted by atomic mass is 9.92. The van der Waals surface area contributed by atoms with Gasteiger partial charge in [0.1, 0.15) is 23.1 Å². The molecule has 7 rings (SSSR count). The lowest BCUT2D eigenvalue weighted by molar-refractivity contribution is 0.377. The van der Waals surface area contributed by atoms with E-state index in [1.807, 2.05) is 59.4 Å². The van der Waals surface area contributed by atoms with Crippen LogP contribution in [0.5, 0.6) is 0 Å². The summed E-state index contributed by atoms with van der Waals surface area (Å²) in [5.74, 6) is 2.51. The van der Waals surface area contributed by atoms with Crippen LogP contribution >= 0.6 is 0 Å². The quantitative estimate of drug-likeness (QED) is 0.207. The highest BCUT2D eigenvalue weighted by Gasteiger charge is 2.28. The van der Waals surface area contributed by atoms with E-state index in [-0.39, 0.29) is 11.9 Å². The van der Waals surface area contributed by atoms with Gasteiger partial charge in [-0.25, -0.2) is 23.9 Å². The number of imidazole rings is 1. The first-order valence-electron chi connectivity index (χ1n) is 15.2. The second-order valence-corrected chi connectivity index (χ2v) is 11.5. The first-order chi connectivity index (χ1) is 20.7. The summed E-state index contributed by atoms with van der Waals surface area (Å²) in [6, 6.07) is 21.3. The number of hydrogen-bond acceptors (Lipinski definition) is 6. The Bertz CT molecular complexity index is 1690. The van der Waals surface area contributed by atoms with Gasteiger partial charge in [-0.3, -0.25) is 0 Å². The number of pyridine rings is 2. The molecule has 42 heavy (non-hydrogen) atoms. The van der Waals surface area contributed by atoms with Crippen molar-refractivity contribution in [1.29, 1.82) is 0 Å². The smallest absolute Gasteiger partial charge is 0.154 e. The first-order valence-corrected chi connectivity index (χ1v) is 15.2. The molecular formula is C34H36FN7. The average molecular weight is 562 g/mol. The zero-order valence-corrected chi connectivity index (χ0v) is 24.0. The molecule has 0 bridgehead atoms. The van der Waals surface area contributed by atoms with E-state index < -0.39 is 0 Å². The normalized spacial score (nSPS) is 17.8. The van der Waals surface area contributed by atoms with Crippen LogP contribution in [-0.4, -0.2) is 44.2 Å². The Balaban J connectivity index is 1.17. The maximum Gasteiger partial charge on any atom is 0.154 e. The molecule has 4 aromatic heterocycles. The standard InChI is InChI=1S/C34H36FN7/c1-2-6-24-15-19-40(20-16-24)34-22-25(14-17-36-34)28-9-4-10-29(38-28)31-23-37-32-12-13-33(39-42(31)32)41-18-5-11-30(41)26-7-3-8-27(35)21-26/h3-4,7-10,12-14,17,21-24,30H,2,5-6,11,15-16,18-20H2,1H3. The van der Waals surface area contributed by atoms with Crippen molar-refractivity contribution < 1.29 is 4.39 Å². The van der Waals surface area contributed by atoms with Crippen molar-refractivity contribution >= 4 is 17.3 Å². The van der Waals surface area contributed by atoms with Crippen LogP contribution in [0.15, 0.2) is 79.1 Å². The summed E-state index contributed by atoms with van der Waals surface area (Å²) in [4.78, 5) is 19.1. The second-order valence-electron chi connectivity index (χ2n) is 11.5. The number of hydrogen-bond donors (Lipinski definition) is 0. The highest BCUT2D eigenvalue weighted by Crippen LogP contribution is 2.36. The average Bonchev–Trinajstić information content (AvgIpc) is 3.69. The lowest BCUT2D eigenvalue weighted by Crippen LogP contribution is -2.34. The third-order valence-corrected chi connectivity index (χ3v) is 8.82. The molecule has 1 unspecified atom stereocenters. The number of fused-ring (bicyclic) bond motifs is 1. The van der Waals surface area contributed by atoms with E-state index in [4.69, 9.17) is 15.1 Å². The van der Waals surface area contributed by atoms with E-state index in [0.717, 1.165) is 83.9 Å². The van der Waals surface area contributed by atoms with Crippen LogP contribution in [0.3, 0.4) is 0 Å². The van der Waals surface area contributed by atoms with Crippen LogP contribution in [-0.2, 0) is 0 Å². The third kappa shape index (κ3) is 5.22.